The summed E-state index contributed by atoms with van der Waals surface area (Å²) < 4.78 is 34.5. The molecule has 1 fully saturated rings. The summed E-state index contributed by atoms with van der Waals surface area (Å²) in [7, 11) is -1.81. The van der Waals surface area contributed by atoms with Crippen molar-refractivity contribution < 1.29 is 37.5 Å². The minimum Gasteiger partial charge on any atom is -0.486 e. The van der Waals surface area contributed by atoms with Gasteiger partial charge in [0, 0.05) is 40.3 Å². The van der Waals surface area contributed by atoms with Crippen molar-refractivity contribution in [2.24, 2.45) is 0 Å². The van der Waals surface area contributed by atoms with Crippen molar-refractivity contribution >= 4 is 39.9 Å². The first kappa shape index (κ1) is 25.8. The smallest absolute Gasteiger partial charge is 0.240 e. The summed E-state index contributed by atoms with van der Waals surface area (Å²) in [6.45, 7) is 0.661. The van der Waals surface area contributed by atoms with E-state index in [9.17, 15) is 18.6 Å². The first-order valence-electron chi connectivity index (χ1n) is 12.5. The van der Waals surface area contributed by atoms with Gasteiger partial charge in [0.15, 0.2) is 23.0 Å². The number of rotatable bonds is 9. The third-order valence-electron chi connectivity index (χ3n) is 6.39. The molecule has 3 amide bonds. The maximum atomic E-state index is 13.3. The number of anilines is 2. The van der Waals surface area contributed by atoms with Gasteiger partial charge in [0.2, 0.25) is 24.5 Å². The Morgan fingerprint density at radius 2 is 1.53 bits per heavy atom. The van der Waals surface area contributed by atoms with Gasteiger partial charge in [0.1, 0.15) is 31.3 Å². The first-order valence-corrected chi connectivity index (χ1v) is 14.0. The van der Waals surface area contributed by atoms with Crippen LogP contribution in [0.1, 0.15) is 25.7 Å². The van der Waals surface area contributed by atoms with E-state index >= 15 is 0 Å². The third kappa shape index (κ3) is 6.36. The lowest BCUT2D eigenvalue weighted by Crippen LogP contribution is -2.45. The van der Waals surface area contributed by atoms with Crippen LogP contribution in [-0.2, 0) is 25.2 Å². The first-order chi connectivity index (χ1) is 18.4. The monoisotopic (exact) mass is 543 g/mol. The minimum atomic E-state index is -1.81. The Labute approximate surface area is 222 Å². The molecule has 2 N–H and O–H groups in total. The van der Waals surface area contributed by atoms with E-state index in [1.807, 2.05) is 0 Å². The predicted molar refractivity (Wildman–Crippen MR) is 139 cm³/mol. The van der Waals surface area contributed by atoms with Crippen LogP contribution in [0.5, 0.6) is 23.0 Å². The van der Waals surface area contributed by atoms with Crippen LogP contribution in [0.3, 0.4) is 0 Å². The number of hydrogen-bond acceptors (Lipinski definition) is 8. The molecule has 1 saturated carbocycles. The molecule has 2 aromatic carbocycles. The van der Waals surface area contributed by atoms with Gasteiger partial charge in [-0.2, -0.15) is 0 Å². The molecule has 2 heterocycles. The average Bonchev–Trinajstić information content (AvgIpc) is 3.58. The molecule has 3 aliphatic rings. The van der Waals surface area contributed by atoms with Gasteiger partial charge in [-0.1, -0.05) is 12.8 Å². The number of amides is 3. The van der Waals surface area contributed by atoms with Crippen molar-refractivity contribution in [3.05, 3.63) is 36.4 Å². The van der Waals surface area contributed by atoms with Crippen LogP contribution in [0.2, 0.25) is 0 Å². The van der Waals surface area contributed by atoms with Crippen molar-refractivity contribution in [1.29, 1.82) is 0 Å². The average molecular weight is 544 g/mol. The highest BCUT2D eigenvalue weighted by molar-refractivity contribution is 7.86. The van der Waals surface area contributed by atoms with Crippen LogP contribution >= 0.6 is 0 Å². The van der Waals surface area contributed by atoms with E-state index in [1.54, 1.807) is 36.4 Å². The number of fused-ring (bicyclic) bond motifs is 2. The van der Waals surface area contributed by atoms with Gasteiger partial charge in [-0.15, -0.1) is 0 Å². The van der Waals surface area contributed by atoms with Gasteiger partial charge in [-0.05, 0) is 37.1 Å². The normalized spacial score (nSPS) is 16.5. The minimum absolute atomic E-state index is 0.0914. The Bertz CT molecular complexity index is 1250. The zero-order valence-electron chi connectivity index (χ0n) is 20.7. The molecule has 0 radical (unpaired) electrons. The van der Waals surface area contributed by atoms with Crippen molar-refractivity contribution in [2.45, 2.75) is 31.7 Å². The molecule has 0 aromatic heterocycles. The molecule has 0 unspecified atom stereocenters. The van der Waals surface area contributed by atoms with Crippen LogP contribution in [-0.4, -0.2) is 66.0 Å². The summed E-state index contributed by atoms with van der Waals surface area (Å²) in [6, 6.07) is 9.98. The molecule has 202 valence electrons. The molecule has 38 heavy (non-hydrogen) atoms. The predicted octanol–water partition coefficient (Wildman–Crippen LogP) is 1.97. The molecule has 12 heteroatoms. The van der Waals surface area contributed by atoms with E-state index in [1.165, 1.54) is 4.90 Å². The number of nitrogens with zero attached hydrogens (tertiary/aromatic N) is 1. The van der Waals surface area contributed by atoms with Crippen molar-refractivity contribution in [3.8, 4) is 23.0 Å². The second kappa shape index (κ2) is 11.7. The van der Waals surface area contributed by atoms with E-state index in [0.29, 0.717) is 47.6 Å². The fourth-order valence-electron chi connectivity index (χ4n) is 4.59. The Kier molecular flexibility index (Phi) is 7.97. The summed E-state index contributed by atoms with van der Waals surface area (Å²) in [4.78, 5) is 39.8. The fourth-order valence-corrected chi connectivity index (χ4v) is 5.49. The third-order valence-corrected chi connectivity index (χ3v) is 7.55. The van der Waals surface area contributed by atoms with Gasteiger partial charge in [0.05, 0.1) is 0 Å². The number of ether oxygens (including phenoxy) is 4. The zero-order valence-corrected chi connectivity index (χ0v) is 21.6. The molecule has 1 aliphatic carbocycles. The van der Waals surface area contributed by atoms with Crippen LogP contribution < -0.4 is 34.5 Å². The van der Waals surface area contributed by atoms with Gasteiger partial charge in [0.25, 0.3) is 0 Å². The summed E-state index contributed by atoms with van der Waals surface area (Å²) in [6.07, 6.45) is 3.94. The van der Waals surface area contributed by atoms with Gasteiger partial charge < -0.3 is 34.5 Å². The standard InChI is InChI=1S/C26H29N3O8S/c30-24(27-17-3-1-2-4-17)13-29(19-6-8-20-23(12-19)35-10-9-34-20)26(32)15-38(33)14-25(31)28-18-5-7-21-22(11-18)37-16-36-21/h5-8,11-12,17H,1-4,9-10,13-16H2,(H,27,30)(H,28,31)/t38-/m0/s1. The Morgan fingerprint density at radius 3 is 2.34 bits per heavy atom. The highest BCUT2D eigenvalue weighted by atomic mass is 32.2. The fraction of sp³-hybridized carbons (Fsp3) is 0.423. The van der Waals surface area contributed by atoms with E-state index in [2.05, 4.69) is 10.6 Å². The highest BCUT2D eigenvalue weighted by Gasteiger charge is 2.26. The van der Waals surface area contributed by atoms with E-state index in [4.69, 9.17) is 18.9 Å². The molecule has 2 aromatic rings. The lowest BCUT2D eigenvalue weighted by atomic mass is 10.2. The summed E-state index contributed by atoms with van der Waals surface area (Å²) in [5.41, 5.74) is 0.881. The van der Waals surface area contributed by atoms with Gasteiger partial charge in [-0.3, -0.25) is 18.6 Å². The van der Waals surface area contributed by atoms with E-state index in [0.717, 1.165) is 25.7 Å². The molecule has 0 saturated heterocycles. The highest BCUT2D eigenvalue weighted by Crippen LogP contribution is 2.35. The molecule has 1 atom stereocenters. The Morgan fingerprint density at radius 1 is 0.842 bits per heavy atom. The Balaban J connectivity index is 1.23. The number of nitrogens with one attached hydrogen (secondary N) is 2. The van der Waals surface area contributed by atoms with E-state index < -0.39 is 28.4 Å². The molecule has 5 rings (SSSR count). The van der Waals surface area contributed by atoms with Crippen molar-refractivity contribution in [3.63, 3.8) is 0 Å². The molecule has 2 aliphatic heterocycles. The molecular weight excluding hydrogens is 514 g/mol. The summed E-state index contributed by atoms with van der Waals surface area (Å²) >= 11 is 0. The lowest BCUT2D eigenvalue weighted by Gasteiger charge is -2.25. The maximum absolute atomic E-state index is 13.3. The molecular formula is C26H29N3O8S. The number of carbonyl (C=O) groups is 3. The quantitative estimate of drug-likeness (QED) is 0.491. The summed E-state index contributed by atoms with van der Waals surface area (Å²) in [5, 5.41) is 5.64. The topological polar surface area (TPSA) is 133 Å². The summed E-state index contributed by atoms with van der Waals surface area (Å²) in [5.74, 6) is -0.0795. The van der Waals surface area contributed by atoms with Crippen molar-refractivity contribution in [1.82, 2.24) is 5.32 Å². The van der Waals surface area contributed by atoms with Crippen LogP contribution in [0.4, 0.5) is 11.4 Å². The second-order valence-electron chi connectivity index (χ2n) is 9.20. The maximum Gasteiger partial charge on any atom is 0.240 e. The lowest BCUT2D eigenvalue weighted by molar-refractivity contribution is -0.123. The van der Waals surface area contributed by atoms with Gasteiger partial charge >= 0.3 is 0 Å². The molecule has 0 spiro atoms. The van der Waals surface area contributed by atoms with Gasteiger partial charge in [-0.25, -0.2) is 0 Å². The number of carbonyl (C=O) groups excluding carboxylic acids is 3. The van der Waals surface area contributed by atoms with E-state index in [-0.39, 0.29) is 31.0 Å². The van der Waals surface area contributed by atoms with Crippen LogP contribution in [0, 0.1) is 0 Å². The zero-order chi connectivity index (χ0) is 26.5. The number of benzene rings is 2. The molecule has 0 bridgehead atoms. The second-order valence-corrected chi connectivity index (χ2v) is 10.7. The number of hydrogen-bond donors (Lipinski definition) is 2. The van der Waals surface area contributed by atoms with Crippen LogP contribution in [0.15, 0.2) is 36.4 Å². The Hall–Kier alpha value is -3.80. The largest absolute Gasteiger partial charge is 0.486 e. The van der Waals surface area contributed by atoms with Crippen LogP contribution in [0.25, 0.3) is 0 Å². The SMILES string of the molecule is O=C(C[S@](=O)CC(=O)N(CC(=O)NC1CCCC1)c1ccc2c(c1)OCCO2)Nc1ccc2c(c1)OCO2. The molecule has 11 nitrogen and oxygen atoms in total. The van der Waals surface area contributed by atoms with Crippen molar-refractivity contribution in [2.75, 3.05) is 48.3 Å².